The standard InChI is InChI=1S/C14H20N2O3/c1-11(14-3-2-10-19-14)15-9-8-12-4-6-13(7-5-12)16(17)18/h4-7,11,14-15H,2-3,8-10H2,1H3. The van der Waals surface area contributed by atoms with E-state index in [4.69, 9.17) is 4.74 Å². The lowest BCUT2D eigenvalue weighted by Gasteiger charge is -2.19. The topological polar surface area (TPSA) is 64.4 Å². The van der Waals surface area contributed by atoms with Gasteiger partial charge in [-0.05, 0) is 38.3 Å². The van der Waals surface area contributed by atoms with Crippen LogP contribution in [0.15, 0.2) is 24.3 Å². The van der Waals surface area contributed by atoms with Gasteiger partial charge in [0.15, 0.2) is 0 Å². The molecule has 1 aliphatic heterocycles. The van der Waals surface area contributed by atoms with Crippen molar-refractivity contribution < 1.29 is 9.66 Å². The molecule has 2 atom stereocenters. The third-order valence-corrected chi connectivity index (χ3v) is 3.55. The van der Waals surface area contributed by atoms with Crippen LogP contribution in [0.25, 0.3) is 0 Å². The second kappa shape index (κ2) is 6.63. The van der Waals surface area contributed by atoms with E-state index in [1.807, 2.05) is 12.1 Å². The summed E-state index contributed by atoms with van der Waals surface area (Å²) in [6.45, 7) is 3.88. The molecule has 0 radical (unpaired) electrons. The first-order chi connectivity index (χ1) is 9.16. The summed E-state index contributed by atoms with van der Waals surface area (Å²) in [5, 5.41) is 14.0. The number of hydrogen-bond donors (Lipinski definition) is 1. The summed E-state index contributed by atoms with van der Waals surface area (Å²) in [4.78, 5) is 10.2. The molecule has 2 unspecified atom stereocenters. The highest BCUT2D eigenvalue weighted by Gasteiger charge is 2.21. The molecule has 1 saturated heterocycles. The first kappa shape index (κ1) is 14.0. The van der Waals surface area contributed by atoms with E-state index in [0.717, 1.165) is 38.0 Å². The molecule has 0 amide bonds. The van der Waals surface area contributed by atoms with Crippen LogP contribution in [0.2, 0.25) is 0 Å². The lowest BCUT2D eigenvalue weighted by Crippen LogP contribution is -2.38. The van der Waals surface area contributed by atoms with Gasteiger partial charge >= 0.3 is 0 Å². The number of benzene rings is 1. The Morgan fingerprint density at radius 1 is 1.47 bits per heavy atom. The van der Waals surface area contributed by atoms with Gasteiger partial charge in [-0.25, -0.2) is 0 Å². The van der Waals surface area contributed by atoms with Crippen molar-refractivity contribution in [2.24, 2.45) is 0 Å². The highest BCUT2D eigenvalue weighted by Crippen LogP contribution is 2.15. The highest BCUT2D eigenvalue weighted by molar-refractivity contribution is 5.32. The fourth-order valence-electron chi connectivity index (χ4n) is 2.36. The molecule has 0 saturated carbocycles. The molecule has 104 valence electrons. The Morgan fingerprint density at radius 3 is 2.79 bits per heavy atom. The number of hydrogen-bond acceptors (Lipinski definition) is 4. The van der Waals surface area contributed by atoms with Crippen molar-refractivity contribution in [3.8, 4) is 0 Å². The molecule has 19 heavy (non-hydrogen) atoms. The summed E-state index contributed by atoms with van der Waals surface area (Å²) in [5.74, 6) is 0. The quantitative estimate of drug-likeness (QED) is 0.632. The SMILES string of the molecule is CC(NCCc1ccc([N+](=O)[O-])cc1)C1CCCO1. The number of nitrogens with zero attached hydrogens (tertiary/aromatic N) is 1. The number of nitro groups is 1. The number of ether oxygens (including phenoxy) is 1. The van der Waals surface area contributed by atoms with Gasteiger partial charge in [0.1, 0.15) is 0 Å². The van der Waals surface area contributed by atoms with Crippen molar-refractivity contribution in [1.29, 1.82) is 0 Å². The van der Waals surface area contributed by atoms with E-state index in [9.17, 15) is 10.1 Å². The van der Waals surface area contributed by atoms with Gasteiger partial charge in [0.2, 0.25) is 0 Å². The Bertz CT molecular complexity index is 413. The molecule has 1 heterocycles. The fourth-order valence-corrected chi connectivity index (χ4v) is 2.36. The minimum atomic E-state index is -0.373. The van der Waals surface area contributed by atoms with Gasteiger partial charge in [0.25, 0.3) is 5.69 Å². The molecule has 0 aliphatic carbocycles. The van der Waals surface area contributed by atoms with Crippen LogP contribution >= 0.6 is 0 Å². The normalized spacial score (nSPS) is 20.4. The lowest BCUT2D eigenvalue weighted by molar-refractivity contribution is -0.384. The van der Waals surface area contributed by atoms with Crippen molar-refractivity contribution in [2.75, 3.05) is 13.2 Å². The van der Waals surface area contributed by atoms with Crippen LogP contribution in [0.1, 0.15) is 25.3 Å². The first-order valence-electron chi connectivity index (χ1n) is 6.75. The number of rotatable bonds is 6. The van der Waals surface area contributed by atoms with Crippen molar-refractivity contribution in [2.45, 2.75) is 38.3 Å². The van der Waals surface area contributed by atoms with Crippen LogP contribution < -0.4 is 5.32 Å². The van der Waals surface area contributed by atoms with Gasteiger partial charge in [-0.3, -0.25) is 10.1 Å². The summed E-state index contributed by atoms with van der Waals surface area (Å²) >= 11 is 0. The summed E-state index contributed by atoms with van der Waals surface area (Å²) < 4.78 is 5.62. The zero-order valence-corrected chi connectivity index (χ0v) is 11.2. The van der Waals surface area contributed by atoms with Gasteiger partial charge < -0.3 is 10.1 Å². The van der Waals surface area contributed by atoms with E-state index in [1.165, 1.54) is 0 Å². The smallest absolute Gasteiger partial charge is 0.269 e. The largest absolute Gasteiger partial charge is 0.377 e. The Labute approximate surface area is 113 Å². The summed E-state index contributed by atoms with van der Waals surface area (Å²) in [6, 6.07) is 7.10. The minimum absolute atomic E-state index is 0.143. The van der Waals surface area contributed by atoms with Crippen molar-refractivity contribution in [1.82, 2.24) is 5.32 Å². The van der Waals surface area contributed by atoms with Crippen LogP contribution in [0.3, 0.4) is 0 Å². The van der Waals surface area contributed by atoms with E-state index in [1.54, 1.807) is 12.1 Å². The molecule has 2 rings (SSSR count). The van der Waals surface area contributed by atoms with Crippen LogP contribution in [-0.4, -0.2) is 30.2 Å². The second-order valence-electron chi connectivity index (χ2n) is 4.97. The molecule has 1 aromatic rings. The average Bonchev–Trinajstić information content (AvgIpc) is 2.93. The maximum absolute atomic E-state index is 10.5. The monoisotopic (exact) mass is 264 g/mol. The third kappa shape index (κ3) is 4.01. The molecule has 1 N–H and O–H groups in total. The lowest BCUT2D eigenvalue weighted by atomic mass is 10.1. The summed E-state index contributed by atoms with van der Waals surface area (Å²) in [5.41, 5.74) is 1.25. The van der Waals surface area contributed by atoms with E-state index in [-0.39, 0.29) is 10.6 Å². The molecule has 1 fully saturated rings. The maximum atomic E-state index is 10.5. The predicted octanol–water partition coefficient (Wildman–Crippen LogP) is 2.29. The Balaban J connectivity index is 1.74. The molecular formula is C14H20N2O3. The third-order valence-electron chi connectivity index (χ3n) is 3.55. The van der Waals surface area contributed by atoms with E-state index in [2.05, 4.69) is 12.2 Å². The summed E-state index contributed by atoms with van der Waals surface area (Å²) in [6.07, 6.45) is 3.48. The minimum Gasteiger partial charge on any atom is -0.377 e. The van der Waals surface area contributed by atoms with Crippen molar-refractivity contribution >= 4 is 5.69 Å². The highest BCUT2D eigenvalue weighted by atomic mass is 16.6. The zero-order valence-electron chi connectivity index (χ0n) is 11.2. The van der Waals surface area contributed by atoms with Crippen LogP contribution in [-0.2, 0) is 11.2 Å². The number of nitrogens with one attached hydrogen (secondary N) is 1. The first-order valence-corrected chi connectivity index (χ1v) is 6.75. The van der Waals surface area contributed by atoms with Gasteiger partial charge in [-0.1, -0.05) is 12.1 Å². The van der Waals surface area contributed by atoms with Gasteiger partial charge in [-0.15, -0.1) is 0 Å². The van der Waals surface area contributed by atoms with Gasteiger partial charge in [0, 0.05) is 24.8 Å². The molecule has 0 bridgehead atoms. The maximum Gasteiger partial charge on any atom is 0.269 e. The second-order valence-corrected chi connectivity index (χ2v) is 4.97. The van der Waals surface area contributed by atoms with Crippen molar-refractivity contribution in [3.63, 3.8) is 0 Å². The Morgan fingerprint density at radius 2 is 2.21 bits per heavy atom. The zero-order chi connectivity index (χ0) is 13.7. The summed E-state index contributed by atoms with van der Waals surface area (Å²) in [7, 11) is 0. The Kier molecular flexibility index (Phi) is 4.87. The molecule has 1 aliphatic rings. The van der Waals surface area contributed by atoms with E-state index in [0.29, 0.717) is 12.1 Å². The molecule has 1 aromatic carbocycles. The van der Waals surface area contributed by atoms with E-state index >= 15 is 0 Å². The fraction of sp³-hybridized carbons (Fsp3) is 0.571. The van der Waals surface area contributed by atoms with Crippen LogP contribution in [0.5, 0.6) is 0 Å². The van der Waals surface area contributed by atoms with Gasteiger partial charge in [0.05, 0.1) is 11.0 Å². The molecule has 5 heteroatoms. The van der Waals surface area contributed by atoms with Crippen molar-refractivity contribution in [3.05, 3.63) is 39.9 Å². The number of nitro benzene ring substituents is 1. The molecule has 0 aromatic heterocycles. The van der Waals surface area contributed by atoms with Crippen LogP contribution in [0.4, 0.5) is 5.69 Å². The predicted molar refractivity (Wildman–Crippen MR) is 73.2 cm³/mol. The molecular weight excluding hydrogens is 244 g/mol. The molecule has 5 nitrogen and oxygen atoms in total. The van der Waals surface area contributed by atoms with Gasteiger partial charge in [-0.2, -0.15) is 0 Å². The Hall–Kier alpha value is -1.46. The average molecular weight is 264 g/mol. The number of non-ortho nitro benzene ring substituents is 1. The molecule has 0 spiro atoms. The van der Waals surface area contributed by atoms with Crippen LogP contribution in [0, 0.1) is 10.1 Å². The van der Waals surface area contributed by atoms with E-state index < -0.39 is 0 Å².